The van der Waals surface area contributed by atoms with Crippen LogP contribution in [0.4, 0.5) is 0 Å². The molecule has 7 heteroatoms. The summed E-state index contributed by atoms with van der Waals surface area (Å²) in [7, 11) is 0. The van der Waals surface area contributed by atoms with Gasteiger partial charge in [0.15, 0.2) is 0 Å². The second kappa shape index (κ2) is 6.18. The van der Waals surface area contributed by atoms with Gasteiger partial charge in [-0.1, -0.05) is 15.9 Å². The molecule has 2 aromatic rings. The molecule has 1 aromatic heterocycles. The minimum absolute atomic E-state index is 0.000999. The molecule has 1 aliphatic heterocycles. The highest BCUT2D eigenvalue weighted by Gasteiger charge is 2.21. The predicted octanol–water partition coefficient (Wildman–Crippen LogP) is 1.11. The average Bonchev–Trinajstić information content (AvgIpc) is 2.50. The van der Waals surface area contributed by atoms with Crippen molar-refractivity contribution in [2.45, 2.75) is 25.4 Å². The molecule has 0 radical (unpaired) electrons. The monoisotopic (exact) mass is 364 g/mol. The number of rotatable bonds is 2. The summed E-state index contributed by atoms with van der Waals surface area (Å²) in [6.45, 7) is 1.26. The molecule has 1 aliphatic rings. The molecule has 1 unspecified atom stereocenters. The van der Waals surface area contributed by atoms with Crippen LogP contribution < -0.4 is 11.3 Å². The van der Waals surface area contributed by atoms with Crippen molar-refractivity contribution in [1.29, 1.82) is 0 Å². The van der Waals surface area contributed by atoms with Crippen LogP contribution in [0.25, 0.3) is 10.9 Å². The Kier molecular flexibility index (Phi) is 4.26. The fraction of sp³-hybridized carbons (Fsp3) is 0.400. The van der Waals surface area contributed by atoms with Crippen molar-refractivity contribution in [2.75, 3.05) is 13.1 Å². The number of nitrogens with two attached hydrogens (primary N) is 1. The van der Waals surface area contributed by atoms with Crippen LogP contribution in [0.2, 0.25) is 0 Å². The molecule has 116 valence electrons. The zero-order valence-corrected chi connectivity index (χ0v) is 13.6. The van der Waals surface area contributed by atoms with Gasteiger partial charge in [0.2, 0.25) is 5.91 Å². The number of aromatic nitrogens is 2. The summed E-state index contributed by atoms with van der Waals surface area (Å²) in [4.78, 5) is 30.8. The van der Waals surface area contributed by atoms with Gasteiger partial charge in [-0.05, 0) is 31.0 Å². The van der Waals surface area contributed by atoms with Crippen molar-refractivity contribution >= 4 is 32.7 Å². The smallest absolute Gasteiger partial charge is 0.261 e. The summed E-state index contributed by atoms with van der Waals surface area (Å²) in [6, 6.07) is 5.36. The number of halogens is 1. The molecule has 0 saturated carbocycles. The number of piperidine rings is 1. The molecule has 6 nitrogen and oxygen atoms in total. The Bertz CT molecular complexity index is 774. The van der Waals surface area contributed by atoms with E-state index < -0.39 is 0 Å². The van der Waals surface area contributed by atoms with Gasteiger partial charge in [-0.2, -0.15) is 0 Å². The highest BCUT2D eigenvalue weighted by atomic mass is 79.9. The van der Waals surface area contributed by atoms with E-state index in [9.17, 15) is 9.59 Å². The van der Waals surface area contributed by atoms with Gasteiger partial charge in [-0.15, -0.1) is 0 Å². The van der Waals surface area contributed by atoms with Gasteiger partial charge in [-0.25, -0.2) is 4.98 Å². The van der Waals surface area contributed by atoms with Crippen molar-refractivity contribution in [2.24, 2.45) is 5.73 Å². The van der Waals surface area contributed by atoms with Gasteiger partial charge in [-0.3, -0.25) is 14.2 Å². The molecule has 1 amide bonds. The molecule has 22 heavy (non-hydrogen) atoms. The van der Waals surface area contributed by atoms with Gasteiger partial charge in [0.05, 0.1) is 17.2 Å². The molecule has 0 spiro atoms. The number of amides is 1. The lowest BCUT2D eigenvalue weighted by Gasteiger charge is -2.30. The van der Waals surface area contributed by atoms with Gasteiger partial charge < -0.3 is 10.6 Å². The van der Waals surface area contributed by atoms with E-state index in [-0.39, 0.29) is 24.1 Å². The normalized spacial score (nSPS) is 18.6. The third-order valence-corrected chi connectivity index (χ3v) is 4.40. The molecular weight excluding hydrogens is 348 g/mol. The minimum Gasteiger partial charge on any atom is -0.340 e. The topological polar surface area (TPSA) is 81.2 Å². The first kappa shape index (κ1) is 15.2. The van der Waals surface area contributed by atoms with Gasteiger partial charge in [0.25, 0.3) is 5.56 Å². The predicted molar refractivity (Wildman–Crippen MR) is 87.5 cm³/mol. The Labute approximate surface area is 136 Å². The quantitative estimate of drug-likeness (QED) is 0.865. The average molecular weight is 365 g/mol. The van der Waals surface area contributed by atoms with Crippen LogP contribution in [0, 0.1) is 0 Å². The molecule has 1 aromatic carbocycles. The molecule has 0 bridgehead atoms. The van der Waals surface area contributed by atoms with Crippen LogP contribution in [0.3, 0.4) is 0 Å². The number of benzene rings is 1. The fourth-order valence-electron chi connectivity index (χ4n) is 2.73. The summed E-state index contributed by atoms with van der Waals surface area (Å²) >= 11 is 3.35. The largest absolute Gasteiger partial charge is 0.340 e. The van der Waals surface area contributed by atoms with Crippen molar-refractivity contribution in [1.82, 2.24) is 14.5 Å². The van der Waals surface area contributed by atoms with Gasteiger partial charge in [0, 0.05) is 23.6 Å². The summed E-state index contributed by atoms with van der Waals surface area (Å²) in [5.74, 6) is -0.0894. The highest BCUT2D eigenvalue weighted by Crippen LogP contribution is 2.15. The van der Waals surface area contributed by atoms with E-state index in [1.807, 2.05) is 6.07 Å². The van der Waals surface area contributed by atoms with Gasteiger partial charge >= 0.3 is 0 Å². The molecule has 0 aliphatic carbocycles. The zero-order valence-electron chi connectivity index (χ0n) is 12.0. The molecule has 2 heterocycles. The van der Waals surface area contributed by atoms with E-state index >= 15 is 0 Å². The second-order valence-electron chi connectivity index (χ2n) is 5.58. The number of fused-ring (bicyclic) bond motifs is 1. The number of hydrogen-bond acceptors (Lipinski definition) is 4. The van der Waals surface area contributed by atoms with E-state index in [1.165, 1.54) is 10.9 Å². The summed E-state index contributed by atoms with van der Waals surface area (Å²) in [5, 5.41) is 0.500. The maximum absolute atomic E-state index is 12.5. The molecule has 2 N–H and O–H groups in total. The number of carbonyl (C=O) groups excluding carboxylic acids is 1. The SMILES string of the molecule is NC1CCCN(C(=O)Cn2cnc3ccc(Br)cc3c2=O)C1. The van der Waals surface area contributed by atoms with E-state index in [4.69, 9.17) is 5.73 Å². The first-order chi connectivity index (χ1) is 10.5. The maximum atomic E-state index is 12.5. The van der Waals surface area contributed by atoms with Gasteiger partial charge in [0.1, 0.15) is 6.54 Å². The number of carbonyl (C=O) groups is 1. The Balaban J connectivity index is 1.86. The van der Waals surface area contributed by atoms with Crippen molar-refractivity contribution in [3.8, 4) is 0 Å². The van der Waals surface area contributed by atoms with Crippen molar-refractivity contribution in [3.05, 3.63) is 39.4 Å². The standard InChI is InChI=1S/C15H17BrN4O2/c16-10-3-4-13-12(6-10)15(22)20(9-18-13)8-14(21)19-5-1-2-11(17)7-19/h3-4,6,9,11H,1-2,5,7-8,17H2. The van der Waals surface area contributed by atoms with Crippen molar-refractivity contribution < 1.29 is 4.79 Å². The van der Waals surface area contributed by atoms with Crippen LogP contribution in [-0.2, 0) is 11.3 Å². The van der Waals surface area contributed by atoms with Crippen LogP contribution in [0.15, 0.2) is 33.8 Å². The lowest BCUT2D eigenvalue weighted by atomic mass is 10.1. The first-order valence-corrected chi connectivity index (χ1v) is 8.02. The molecule has 1 saturated heterocycles. The fourth-order valence-corrected chi connectivity index (χ4v) is 3.09. The Morgan fingerprint density at radius 3 is 3.05 bits per heavy atom. The maximum Gasteiger partial charge on any atom is 0.261 e. The molecule has 1 atom stereocenters. The Hall–Kier alpha value is -1.73. The lowest BCUT2D eigenvalue weighted by molar-refractivity contribution is -0.133. The number of likely N-dealkylation sites (tertiary alicyclic amines) is 1. The third-order valence-electron chi connectivity index (χ3n) is 3.90. The first-order valence-electron chi connectivity index (χ1n) is 7.22. The molecule has 1 fully saturated rings. The number of hydrogen-bond donors (Lipinski definition) is 1. The van der Waals surface area contributed by atoms with E-state index in [2.05, 4.69) is 20.9 Å². The van der Waals surface area contributed by atoms with E-state index in [0.29, 0.717) is 24.0 Å². The number of nitrogens with zero attached hydrogens (tertiary/aromatic N) is 3. The summed E-state index contributed by atoms with van der Waals surface area (Å²) in [5.41, 5.74) is 6.31. The Morgan fingerprint density at radius 1 is 1.45 bits per heavy atom. The van der Waals surface area contributed by atoms with Crippen LogP contribution in [-0.4, -0.2) is 39.5 Å². The van der Waals surface area contributed by atoms with Crippen LogP contribution in [0.1, 0.15) is 12.8 Å². The van der Waals surface area contributed by atoms with Crippen LogP contribution >= 0.6 is 15.9 Å². The lowest BCUT2D eigenvalue weighted by Crippen LogP contribution is -2.47. The highest BCUT2D eigenvalue weighted by molar-refractivity contribution is 9.10. The summed E-state index contributed by atoms with van der Waals surface area (Å²) in [6.07, 6.45) is 3.28. The van der Waals surface area contributed by atoms with Crippen LogP contribution in [0.5, 0.6) is 0 Å². The molecule has 3 rings (SSSR count). The zero-order chi connectivity index (χ0) is 15.7. The third kappa shape index (κ3) is 3.05. The molecular formula is C15H17BrN4O2. The van der Waals surface area contributed by atoms with E-state index in [0.717, 1.165) is 17.3 Å². The Morgan fingerprint density at radius 2 is 2.27 bits per heavy atom. The summed E-state index contributed by atoms with van der Waals surface area (Å²) < 4.78 is 2.17. The van der Waals surface area contributed by atoms with E-state index in [1.54, 1.807) is 17.0 Å². The minimum atomic E-state index is -0.207. The second-order valence-corrected chi connectivity index (χ2v) is 6.50. The van der Waals surface area contributed by atoms with Crippen molar-refractivity contribution in [3.63, 3.8) is 0 Å².